The van der Waals surface area contributed by atoms with Crippen molar-refractivity contribution in [1.82, 2.24) is 55.1 Å². The van der Waals surface area contributed by atoms with Crippen molar-refractivity contribution in [3.05, 3.63) is 12.2 Å². The Morgan fingerprint density at radius 1 is 0.549 bits per heavy atom. The number of allylic oxidation sites excluding steroid dienone is 2. The maximum absolute atomic E-state index is 15.3. The molecule has 518 valence electrons. The summed E-state index contributed by atoms with van der Waals surface area (Å²) in [5.41, 5.74) is 0. The largest absolute Gasteiger partial charge is 0.481 e. The molecule has 2 bridgehead atoms. The number of aliphatic carboxylic acids is 1. The maximum atomic E-state index is 15.3. The lowest BCUT2D eigenvalue weighted by molar-refractivity contribution is -0.157. The molecule has 25 nitrogen and oxygen atoms in total. The average molecular weight is 1300 g/mol. The Hall–Kier alpha value is -6.31. The molecule has 2 aliphatic heterocycles. The van der Waals surface area contributed by atoms with Gasteiger partial charge in [0.1, 0.15) is 66.5 Å². The minimum atomic E-state index is -1.68. The fourth-order valence-electron chi connectivity index (χ4n) is 12.0. The van der Waals surface area contributed by atoms with Gasteiger partial charge in [-0.1, -0.05) is 95.2 Å². The monoisotopic (exact) mass is 1300 g/mol. The number of amides is 11. The van der Waals surface area contributed by atoms with Crippen LogP contribution >= 0.6 is 11.8 Å². The van der Waals surface area contributed by atoms with Crippen LogP contribution in [0.15, 0.2) is 12.2 Å². The number of carboxylic acids is 1. The molecular formula is C65H113N11O14S. The summed E-state index contributed by atoms with van der Waals surface area (Å²) in [5, 5.41) is 30.1. The molecule has 2 aliphatic rings. The highest BCUT2D eigenvalue weighted by atomic mass is 32.2. The molecule has 2 saturated heterocycles. The molecule has 11 amide bonds. The molecule has 0 aromatic rings. The minimum absolute atomic E-state index is 0.0415. The second-order valence-corrected chi connectivity index (χ2v) is 28.3. The molecule has 0 aliphatic carbocycles. The van der Waals surface area contributed by atoms with Crippen molar-refractivity contribution in [3.63, 3.8) is 0 Å². The molecule has 0 saturated carbocycles. The van der Waals surface area contributed by atoms with Crippen LogP contribution in [-0.2, 0) is 57.5 Å². The Kier molecular flexibility index (Phi) is 32.2. The van der Waals surface area contributed by atoms with Gasteiger partial charge in [0.05, 0.1) is 12.5 Å². The fourth-order valence-corrected chi connectivity index (χ4v) is 13.1. The van der Waals surface area contributed by atoms with Crippen LogP contribution in [0.2, 0.25) is 0 Å². The lowest BCUT2D eigenvalue weighted by Gasteiger charge is -2.41. The fraction of sp³-hybridized carbons (Fsp3) is 0.785. The number of carboxylic acid groups (broad SMARTS) is 1. The third kappa shape index (κ3) is 21.1. The van der Waals surface area contributed by atoms with E-state index in [0.717, 1.165) is 21.6 Å². The first-order valence-electron chi connectivity index (χ1n) is 32.3. The third-order valence-corrected chi connectivity index (χ3v) is 18.8. The molecule has 2 fully saturated rings. The van der Waals surface area contributed by atoms with Crippen LogP contribution in [0.25, 0.3) is 0 Å². The zero-order chi connectivity index (χ0) is 70.1. The van der Waals surface area contributed by atoms with Crippen molar-refractivity contribution in [2.24, 2.45) is 35.5 Å². The zero-order valence-electron chi connectivity index (χ0n) is 58.8. The van der Waals surface area contributed by atoms with E-state index in [0.29, 0.717) is 0 Å². The number of aliphatic hydroxyl groups is 1. The maximum Gasteiger partial charge on any atom is 0.304 e. The molecule has 91 heavy (non-hydrogen) atoms. The molecule has 26 heteroatoms. The molecule has 14 atom stereocenters. The van der Waals surface area contributed by atoms with Gasteiger partial charge in [-0.25, -0.2) is 0 Å². The van der Waals surface area contributed by atoms with Gasteiger partial charge in [-0.05, 0) is 102 Å². The summed E-state index contributed by atoms with van der Waals surface area (Å²) in [4.78, 5) is 185. The number of hydrogen-bond acceptors (Lipinski definition) is 14. The number of rotatable bonds is 18. The Morgan fingerprint density at radius 3 is 1.51 bits per heavy atom. The number of nitrogens with one attached hydrogen (secondary N) is 3. The number of fused-ring (bicyclic) bond motifs is 2. The number of hydrogen-bond donors (Lipinski definition) is 5. The standard InChI is InChI=1S/C65H113N11O14S/c1-24-26-27-40(13)54(79)53-57(82)67-44(25-2)59(84)73(21)49(34-91-29-28-50(77)78)62(87)69(17)45(30-35(3)4)56(81)68-51(38(9)10)64(89)72(20)48-33-41(14)76(63(48)88)43(16)55(80)66-42(15)58(83)70(18)46(31-36(5)6)60(85)71(19)47(32-37(7)8)61(86)74(22)52(39(11)12)65(90)75(53)23/h24,26,35-49,51-54,79H,25,27-34H2,1-23H3,(H,66,80)(H,67,82)(H,68,81)(H,77,78)/t40-,41?,42+,43-,44-,45+,46-,47-,48-,49-,51-,52-,53-,54-/m1/s1. The number of nitrogens with zero attached hydrogens (tertiary/aromatic N) is 8. The van der Waals surface area contributed by atoms with Crippen LogP contribution in [0.3, 0.4) is 0 Å². The van der Waals surface area contributed by atoms with Gasteiger partial charge in [-0.3, -0.25) is 57.5 Å². The lowest BCUT2D eigenvalue weighted by Crippen LogP contribution is -2.64. The number of carbonyl (C=O) groups excluding carboxylic acids is 11. The zero-order valence-corrected chi connectivity index (χ0v) is 59.6. The summed E-state index contributed by atoms with van der Waals surface area (Å²) in [6, 6.07) is -14.6. The third-order valence-electron chi connectivity index (χ3n) is 17.7. The van der Waals surface area contributed by atoms with E-state index in [4.69, 9.17) is 0 Å². The molecule has 0 aromatic carbocycles. The van der Waals surface area contributed by atoms with E-state index in [1.165, 1.54) is 92.6 Å². The SMILES string of the molecule is CC=CC[C@@H](C)[C@@H](O)[C@@H]1C(=O)N[C@H](CC)C(=O)N(C)[C@H](CSCCC(=O)O)C(=O)N(C)[C@@H](CC(C)C)C(=O)N[C@H](C(C)C)C(=O)N(C)[C@@H]2CC(C)N(C2=O)[C@H](C)C(=O)N[C@@H](C)C(=O)N(C)[C@H](CC(C)C)C(=O)N(C)[C@H](CC(C)C)C(=O)N(C)[C@H](C(C)C)C(=O)N1C. The normalized spacial score (nSPS) is 28.0. The first-order valence-corrected chi connectivity index (χ1v) is 33.5. The summed E-state index contributed by atoms with van der Waals surface area (Å²) >= 11 is 1.08. The predicted molar refractivity (Wildman–Crippen MR) is 350 cm³/mol. The Balaban J connectivity index is 3.08. The quantitative estimate of drug-likeness (QED) is 0.0972. The number of thioether (sulfide) groups is 1. The van der Waals surface area contributed by atoms with Gasteiger partial charge in [0, 0.05) is 66.9 Å². The van der Waals surface area contributed by atoms with Crippen molar-refractivity contribution in [1.29, 1.82) is 0 Å². The highest BCUT2D eigenvalue weighted by Gasteiger charge is 2.49. The van der Waals surface area contributed by atoms with Gasteiger partial charge in [0.2, 0.25) is 65.0 Å². The van der Waals surface area contributed by atoms with E-state index in [-0.39, 0.29) is 74.2 Å². The summed E-state index contributed by atoms with van der Waals surface area (Å²) < 4.78 is 0. The van der Waals surface area contributed by atoms with E-state index in [1.54, 1.807) is 67.5 Å². The number of likely N-dealkylation sites (N-methyl/N-ethyl adjacent to an activating group) is 7. The average Bonchev–Trinajstić information content (AvgIpc) is 1.79. The summed E-state index contributed by atoms with van der Waals surface area (Å²) in [6.45, 7) is 27.8. The van der Waals surface area contributed by atoms with Crippen LogP contribution in [0.5, 0.6) is 0 Å². The van der Waals surface area contributed by atoms with Crippen molar-refractivity contribution in [2.75, 3.05) is 60.8 Å². The summed E-state index contributed by atoms with van der Waals surface area (Å²) in [7, 11) is 9.82. The van der Waals surface area contributed by atoms with Crippen LogP contribution in [0.4, 0.5) is 0 Å². The predicted octanol–water partition coefficient (Wildman–Crippen LogP) is 3.30. The van der Waals surface area contributed by atoms with Gasteiger partial charge in [-0.2, -0.15) is 11.8 Å². The molecule has 0 aromatic heterocycles. The van der Waals surface area contributed by atoms with E-state index in [9.17, 15) is 43.8 Å². The Morgan fingerprint density at radius 2 is 1.02 bits per heavy atom. The number of aliphatic hydroxyl groups excluding tert-OH is 1. The molecule has 2 rings (SSSR count). The second-order valence-electron chi connectivity index (χ2n) is 27.2. The molecular weight excluding hydrogens is 1190 g/mol. The molecule has 5 N–H and O–H groups in total. The molecule has 0 radical (unpaired) electrons. The van der Waals surface area contributed by atoms with E-state index < -0.39 is 167 Å². The van der Waals surface area contributed by atoms with E-state index in [1.807, 2.05) is 41.5 Å². The number of carbonyl (C=O) groups is 12. The summed E-state index contributed by atoms with van der Waals surface area (Å²) in [5.74, 6) is -11.2. The van der Waals surface area contributed by atoms with Crippen LogP contribution in [-0.4, -0.2) is 260 Å². The van der Waals surface area contributed by atoms with Crippen LogP contribution < -0.4 is 16.0 Å². The smallest absolute Gasteiger partial charge is 0.304 e. The van der Waals surface area contributed by atoms with Crippen molar-refractivity contribution in [2.45, 2.75) is 234 Å². The topological polar surface area (TPSA) is 307 Å². The first kappa shape index (κ1) is 80.8. The van der Waals surface area contributed by atoms with Crippen molar-refractivity contribution < 1.29 is 67.7 Å². The highest BCUT2D eigenvalue weighted by Crippen LogP contribution is 2.29. The van der Waals surface area contributed by atoms with Crippen LogP contribution in [0, 0.1) is 35.5 Å². The highest BCUT2D eigenvalue weighted by molar-refractivity contribution is 7.99. The summed E-state index contributed by atoms with van der Waals surface area (Å²) in [6.07, 6.45) is 2.39. The van der Waals surface area contributed by atoms with Crippen LogP contribution in [0.1, 0.15) is 156 Å². The Labute approximate surface area is 546 Å². The minimum Gasteiger partial charge on any atom is -0.481 e. The van der Waals surface area contributed by atoms with Gasteiger partial charge in [0.25, 0.3) is 0 Å². The molecule has 0 spiro atoms. The van der Waals surface area contributed by atoms with Crippen molar-refractivity contribution >= 4 is 82.7 Å². The van der Waals surface area contributed by atoms with Crippen molar-refractivity contribution in [3.8, 4) is 0 Å². The first-order chi connectivity index (χ1) is 42.1. The lowest BCUT2D eigenvalue weighted by atomic mass is 9.91. The van der Waals surface area contributed by atoms with E-state index in [2.05, 4.69) is 16.0 Å². The van der Waals surface area contributed by atoms with Gasteiger partial charge in [0.15, 0.2) is 0 Å². The molecule has 1 unspecified atom stereocenters. The van der Waals surface area contributed by atoms with E-state index >= 15 is 24.0 Å². The van der Waals surface area contributed by atoms with Gasteiger partial charge >= 0.3 is 5.97 Å². The second kappa shape index (κ2) is 36.2. The molecule has 2 heterocycles. The Bertz CT molecular complexity index is 2580. The van der Waals surface area contributed by atoms with Gasteiger partial charge in [-0.15, -0.1) is 0 Å². The van der Waals surface area contributed by atoms with Gasteiger partial charge < -0.3 is 65.4 Å².